The van der Waals surface area contributed by atoms with Crippen LogP contribution in [-0.4, -0.2) is 35.1 Å². The average molecular weight is 246 g/mol. The smallest absolute Gasteiger partial charge is 0.330 e. The van der Waals surface area contributed by atoms with Gasteiger partial charge in [-0.2, -0.15) is 0 Å². The number of carboxylic acids is 1. The van der Waals surface area contributed by atoms with Crippen molar-refractivity contribution in [3.05, 3.63) is 0 Å². The Hall–Kier alpha value is -1.47. The SMILES string of the molecule is CC[C@H](C)[C@H](N)C(=O)OC(=O)C[C@H](N)C(=O)O. The van der Waals surface area contributed by atoms with Crippen LogP contribution in [0.3, 0.4) is 0 Å². The van der Waals surface area contributed by atoms with Gasteiger partial charge in [0.1, 0.15) is 12.1 Å². The molecule has 0 spiro atoms. The third-order valence-corrected chi connectivity index (χ3v) is 2.45. The first-order chi connectivity index (χ1) is 7.79. The Morgan fingerprint density at radius 2 is 1.82 bits per heavy atom. The number of hydrogen-bond acceptors (Lipinski definition) is 6. The third kappa shape index (κ3) is 5.41. The third-order valence-electron chi connectivity index (χ3n) is 2.45. The number of carboxylic acid groups (broad SMARTS) is 1. The zero-order valence-corrected chi connectivity index (χ0v) is 9.88. The van der Waals surface area contributed by atoms with Crippen LogP contribution in [0.5, 0.6) is 0 Å². The lowest BCUT2D eigenvalue weighted by molar-refractivity contribution is -0.162. The summed E-state index contributed by atoms with van der Waals surface area (Å²) in [5.41, 5.74) is 10.6. The lowest BCUT2D eigenvalue weighted by Crippen LogP contribution is -2.40. The van der Waals surface area contributed by atoms with Crippen molar-refractivity contribution in [2.24, 2.45) is 17.4 Å². The fourth-order valence-corrected chi connectivity index (χ4v) is 0.975. The quantitative estimate of drug-likeness (QED) is 0.414. The predicted octanol–water partition coefficient (Wildman–Crippen LogP) is -0.768. The second-order valence-electron chi connectivity index (χ2n) is 3.85. The summed E-state index contributed by atoms with van der Waals surface area (Å²) in [4.78, 5) is 32.9. The molecule has 98 valence electrons. The van der Waals surface area contributed by atoms with Gasteiger partial charge in [0.25, 0.3) is 0 Å². The number of nitrogens with two attached hydrogens (primary N) is 2. The van der Waals surface area contributed by atoms with Gasteiger partial charge >= 0.3 is 17.9 Å². The van der Waals surface area contributed by atoms with E-state index in [9.17, 15) is 14.4 Å². The number of carbonyl (C=O) groups excluding carboxylic acids is 2. The minimum atomic E-state index is -1.38. The van der Waals surface area contributed by atoms with Gasteiger partial charge < -0.3 is 21.3 Å². The number of aliphatic carboxylic acids is 1. The summed E-state index contributed by atoms with van der Waals surface area (Å²) in [6.07, 6.45) is 0.105. The maximum Gasteiger partial charge on any atom is 0.330 e. The molecule has 0 aromatic rings. The predicted molar refractivity (Wildman–Crippen MR) is 58.8 cm³/mol. The van der Waals surface area contributed by atoms with Gasteiger partial charge in [-0.3, -0.25) is 9.59 Å². The second-order valence-corrected chi connectivity index (χ2v) is 3.85. The van der Waals surface area contributed by atoms with E-state index in [4.69, 9.17) is 16.6 Å². The lowest BCUT2D eigenvalue weighted by atomic mass is 10.0. The Bertz CT molecular complexity index is 305. The van der Waals surface area contributed by atoms with E-state index < -0.39 is 36.4 Å². The maximum absolute atomic E-state index is 11.3. The van der Waals surface area contributed by atoms with Crippen molar-refractivity contribution >= 4 is 17.9 Å². The summed E-state index contributed by atoms with van der Waals surface area (Å²) >= 11 is 0. The largest absolute Gasteiger partial charge is 0.480 e. The van der Waals surface area contributed by atoms with Crippen molar-refractivity contribution in [1.82, 2.24) is 0 Å². The Morgan fingerprint density at radius 1 is 1.29 bits per heavy atom. The highest BCUT2D eigenvalue weighted by Crippen LogP contribution is 2.07. The first kappa shape index (κ1) is 15.5. The second kappa shape index (κ2) is 6.97. The zero-order chi connectivity index (χ0) is 13.6. The molecule has 3 atom stereocenters. The monoisotopic (exact) mass is 246 g/mol. The molecule has 0 aromatic carbocycles. The van der Waals surface area contributed by atoms with Crippen molar-refractivity contribution in [2.45, 2.75) is 38.8 Å². The molecule has 0 aromatic heterocycles. The molecule has 17 heavy (non-hydrogen) atoms. The molecule has 7 nitrogen and oxygen atoms in total. The summed E-state index contributed by atoms with van der Waals surface area (Å²) in [5.74, 6) is -3.30. The van der Waals surface area contributed by atoms with E-state index in [-0.39, 0.29) is 5.92 Å². The van der Waals surface area contributed by atoms with Gasteiger partial charge in [-0.05, 0) is 5.92 Å². The fourth-order valence-electron chi connectivity index (χ4n) is 0.975. The average Bonchev–Trinajstić information content (AvgIpc) is 2.26. The van der Waals surface area contributed by atoms with Crippen molar-refractivity contribution in [3.63, 3.8) is 0 Å². The van der Waals surface area contributed by atoms with Gasteiger partial charge in [0.15, 0.2) is 0 Å². The van der Waals surface area contributed by atoms with Gasteiger partial charge in [-0.25, -0.2) is 4.79 Å². The Balaban J connectivity index is 4.21. The molecule has 0 aliphatic carbocycles. The number of rotatable bonds is 6. The first-order valence-electron chi connectivity index (χ1n) is 5.28. The molecule has 0 bridgehead atoms. The van der Waals surface area contributed by atoms with Gasteiger partial charge in [-0.1, -0.05) is 20.3 Å². The van der Waals surface area contributed by atoms with Gasteiger partial charge in [-0.15, -0.1) is 0 Å². The Morgan fingerprint density at radius 3 is 2.24 bits per heavy atom. The van der Waals surface area contributed by atoms with Crippen molar-refractivity contribution < 1.29 is 24.2 Å². The molecule has 0 saturated carbocycles. The van der Waals surface area contributed by atoms with Gasteiger partial charge in [0.2, 0.25) is 0 Å². The van der Waals surface area contributed by atoms with Crippen LogP contribution in [-0.2, 0) is 19.1 Å². The van der Waals surface area contributed by atoms with Crippen LogP contribution in [0.1, 0.15) is 26.7 Å². The molecule has 0 fully saturated rings. The molecule has 0 amide bonds. The minimum Gasteiger partial charge on any atom is -0.480 e. The first-order valence-corrected chi connectivity index (χ1v) is 5.28. The van der Waals surface area contributed by atoms with Crippen molar-refractivity contribution in [1.29, 1.82) is 0 Å². The van der Waals surface area contributed by atoms with Crippen LogP contribution in [0.2, 0.25) is 0 Å². The van der Waals surface area contributed by atoms with E-state index in [1.807, 2.05) is 6.92 Å². The summed E-state index contributed by atoms with van der Waals surface area (Å²) in [6, 6.07) is -2.28. The van der Waals surface area contributed by atoms with Crippen molar-refractivity contribution in [3.8, 4) is 0 Å². The molecular weight excluding hydrogens is 228 g/mol. The van der Waals surface area contributed by atoms with E-state index in [0.29, 0.717) is 6.42 Å². The van der Waals surface area contributed by atoms with Crippen LogP contribution in [0, 0.1) is 5.92 Å². The summed E-state index contributed by atoms with van der Waals surface area (Å²) in [6.45, 7) is 3.60. The highest BCUT2D eigenvalue weighted by atomic mass is 16.6. The van der Waals surface area contributed by atoms with Gasteiger partial charge in [0, 0.05) is 0 Å². The molecule has 0 heterocycles. The molecule has 7 heteroatoms. The van der Waals surface area contributed by atoms with E-state index >= 15 is 0 Å². The molecule has 0 radical (unpaired) electrons. The maximum atomic E-state index is 11.3. The molecule has 0 unspecified atom stereocenters. The Labute approximate surface area is 99.1 Å². The molecular formula is C10H18N2O5. The van der Waals surface area contributed by atoms with Crippen LogP contribution >= 0.6 is 0 Å². The minimum absolute atomic E-state index is 0.122. The number of ether oxygens (including phenoxy) is 1. The Kier molecular flexibility index (Phi) is 6.37. The molecule has 0 aliphatic rings. The molecule has 0 rings (SSSR count). The normalized spacial score (nSPS) is 15.8. The summed E-state index contributed by atoms with van der Waals surface area (Å²) < 4.78 is 4.41. The van der Waals surface area contributed by atoms with E-state index in [0.717, 1.165) is 0 Å². The van der Waals surface area contributed by atoms with Crippen molar-refractivity contribution in [2.75, 3.05) is 0 Å². The highest BCUT2D eigenvalue weighted by molar-refractivity contribution is 5.90. The van der Waals surface area contributed by atoms with Crippen LogP contribution in [0.25, 0.3) is 0 Å². The summed E-state index contributed by atoms with van der Waals surface area (Å²) in [7, 11) is 0. The number of esters is 2. The highest BCUT2D eigenvalue weighted by Gasteiger charge is 2.25. The molecule has 5 N–H and O–H groups in total. The van der Waals surface area contributed by atoms with Crippen LogP contribution < -0.4 is 11.5 Å². The number of carbonyl (C=O) groups is 3. The van der Waals surface area contributed by atoms with E-state index in [2.05, 4.69) is 4.74 Å². The fraction of sp³-hybridized carbons (Fsp3) is 0.700. The number of hydrogen-bond donors (Lipinski definition) is 3. The standard InChI is InChI=1S/C10H18N2O5/c1-3-5(2)8(12)10(16)17-7(13)4-6(11)9(14)15/h5-6,8H,3-4,11-12H2,1-2H3,(H,14,15)/t5-,6-,8-/m0/s1. The topological polar surface area (TPSA) is 133 Å². The van der Waals surface area contributed by atoms with Gasteiger partial charge in [0.05, 0.1) is 6.42 Å². The van der Waals surface area contributed by atoms with Crippen LogP contribution in [0.15, 0.2) is 0 Å². The zero-order valence-electron chi connectivity index (χ0n) is 9.88. The molecule has 0 aliphatic heterocycles. The van der Waals surface area contributed by atoms with E-state index in [1.54, 1.807) is 6.92 Å². The lowest BCUT2D eigenvalue weighted by Gasteiger charge is -2.16. The molecule has 0 saturated heterocycles. The van der Waals surface area contributed by atoms with Crippen LogP contribution in [0.4, 0.5) is 0 Å². The van der Waals surface area contributed by atoms with E-state index in [1.165, 1.54) is 0 Å². The summed E-state index contributed by atoms with van der Waals surface area (Å²) in [5, 5.41) is 8.46.